The van der Waals surface area contributed by atoms with Crippen molar-refractivity contribution in [3.8, 4) is 17.1 Å². The Labute approximate surface area is 209 Å². The fourth-order valence-electron chi connectivity index (χ4n) is 4.49. The molecular formula is C26H30N8O2. The van der Waals surface area contributed by atoms with Crippen LogP contribution in [0.15, 0.2) is 49.1 Å². The lowest BCUT2D eigenvalue weighted by Crippen LogP contribution is -2.25. The van der Waals surface area contributed by atoms with Crippen molar-refractivity contribution >= 4 is 28.8 Å². The maximum absolute atomic E-state index is 12.7. The van der Waals surface area contributed by atoms with E-state index in [1.807, 2.05) is 55.2 Å². The van der Waals surface area contributed by atoms with Gasteiger partial charge in [0, 0.05) is 38.0 Å². The highest BCUT2D eigenvalue weighted by atomic mass is 16.5. The molecule has 1 aliphatic rings. The van der Waals surface area contributed by atoms with Crippen LogP contribution in [0.3, 0.4) is 0 Å². The lowest BCUT2D eigenvalue weighted by Gasteiger charge is -2.32. The standard InChI is InChI=1S/C26H30N8O2/c1-5-22(35)19-14-27-24(30-23-9-10-34(31-23)17-11-16(2)12-17)13-21(19)29-20-8-6-7-18(25(20)36-4)26-28-15-33(3)32-26/h6-10,13-17H,5,11-12H2,1-4H3,(H2,27,29,30,31). The monoisotopic (exact) mass is 486 g/mol. The summed E-state index contributed by atoms with van der Waals surface area (Å²) in [6.07, 6.45) is 7.89. The molecule has 0 radical (unpaired) electrons. The predicted octanol–water partition coefficient (Wildman–Crippen LogP) is 5.13. The van der Waals surface area contributed by atoms with Crippen molar-refractivity contribution in [3.05, 3.63) is 54.6 Å². The summed E-state index contributed by atoms with van der Waals surface area (Å²) in [5, 5.41) is 15.7. The number of para-hydroxylation sites is 1. The van der Waals surface area contributed by atoms with E-state index in [-0.39, 0.29) is 5.78 Å². The normalized spacial score (nSPS) is 16.9. The Morgan fingerprint density at radius 2 is 1.94 bits per heavy atom. The molecule has 5 rings (SSSR count). The molecule has 1 aromatic carbocycles. The number of Topliss-reactive ketones (excluding diaryl/α,β-unsaturated/α-hetero) is 1. The Kier molecular flexibility index (Phi) is 6.41. The molecular weight excluding hydrogens is 456 g/mol. The van der Waals surface area contributed by atoms with Gasteiger partial charge in [-0.15, -0.1) is 0 Å². The number of nitrogens with one attached hydrogen (secondary N) is 2. The number of ether oxygens (including phenoxy) is 1. The lowest BCUT2D eigenvalue weighted by molar-refractivity contribution is 0.0988. The van der Waals surface area contributed by atoms with Crippen molar-refractivity contribution in [2.45, 2.75) is 39.2 Å². The number of rotatable bonds is 9. The number of pyridine rings is 1. The van der Waals surface area contributed by atoms with Gasteiger partial charge in [0.2, 0.25) is 0 Å². The number of hydrogen-bond donors (Lipinski definition) is 2. The quantitative estimate of drug-likeness (QED) is 0.313. The molecule has 1 fully saturated rings. The molecule has 1 aliphatic carbocycles. The van der Waals surface area contributed by atoms with Crippen LogP contribution in [-0.2, 0) is 7.05 Å². The highest BCUT2D eigenvalue weighted by Gasteiger charge is 2.27. The van der Waals surface area contributed by atoms with Gasteiger partial charge >= 0.3 is 0 Å². The number of nitrogens with zero attached hydrogens (tertiary/aromatic N) is 6. The summed E-state index contributed by atoms with van der Waals surface area (Å²) < 4.78 is 9.38. The number of methoxy groups -OCH3 is 1. The van der Waals surface area contributed by atoms with Crippen molar-refractivity contribution in [2.75, 3.05) is 17.7 Å². The number of ketones is 1. The third-order valence-electron chi connectivity index (χ3n) is 6.44. The molecule has 1 saturated carbocycles. The smallest absolute Gasteiger partial charge is 0.184 e. The van der Waals surface area contributed by atoms with Crippen LogP contribution >= 0.6 is 0 Å². The number of carbonyl (C=O) groups is 1. The maximum Gasteiger partial charge on any atom is 0.184 e. The highest BCUT2D eigenvalue weighted by molar-refractivity contribution is 6.02. The number of aromatic nitrogens is 6. The summed E-state index contributed by atoms with van der Waals surface area (Å²) in [5.74, 6) is 3.16. The number of hydrogen-bond acceptors (Lipinski definition) is 8. The van der Waals surface area contributed by atoms with Gasteiger partial charge in [0.1, 0.15) is 12.1 Å². The Morgan fingerprint density at radius 1 is 1.11 bits per heavy atom. The second-order valence-corrected chi connectivity index (χ2v) is 9.18. The molecule has 0 aliphatic heterocycles. The van der Waals surface area contributed by atoms with Crippen LogP contribution in [0.5, 0.6) is 5.75 Å². The molecule has 0 saturated heterocycles. The SMILES string of the molecule is CCC(=O)c1cnc(Nc2ccn(C3CC(C)C3)n2)cc1Nc1cccc(-c2ncn(C)n2)c1OC. The zero-order valence-corrected chi connectivity index (χ0v) is 20.9. The number of carbonyl (C=O) groups excluding carboxylic acids is 1. The van der Waals surface area contributed by atoms with E-state index >= 15 is 0 Å². The first kappa shape index (κ1) is 23.5. The molecule has 0 spiro atoms. The number of aryl methyl sites for hydroxylation is 1. The van der Waals surface area contributed by atoms with Crippen LogP contribution in [0.25, 0.3) is 11.4 Å². The average Bonchev–Trinajstić information content (AvgIpc) is 3.50. The van der Waals surface area contributed by atoms with Gasteiger partial charge in [0.05, 0.1) is 35.7 Å². The van der Waals surface area contributed by atoms with E-state index in [1.165, 1.54) is 0 Å². The minimum absolute atomic E-state index is 0.0126. The molecule has 3 heterocycles. The van der Waals surface area contributed by atoms with Gasteiger partial charge in [-0.1, -0.05) is 19.9 Å². The molecule has 3 aromatic heterocycles. The van der Waals surface area contributed by atoms with Crippen LogP contribution in [0.1, 0.15) is 49.5 Å². The number of benzene rings is 1. The third-order valence-corrected chi connectivity index (χ3v) is 6.44. The van der Waals surface area contributed by atoms with E-state index in [0.29, 0.717) is 52.6 Å². The molecule has 2 N–H and O–H groups in total. The summed E-state index contributed by atoms with van der Waals surface area (Å²) in [5.41, 5.74) is 2.55. The molecule has 10 heteroatoms. The van der Waals surface area contributed by atoms with Crippen molar-refractivity contribution in [1.29, 1.82) is 0 Å². The van der Waals surface area contributed by atoms with Gasteiger partial charge in [0.15, 0.2) is 23.2 Å². The van der Waals surface area contributed by atoms with Gasteiger partial charge in [-0.05, 0) is 30.9 Å². The maximum atomic E-state index is 12.7. The summed E-state index contributed by atoms with van der Waals surface area (Å²) in [6, 6.07) is 9.90. The van der Waals surface area contributed by atoms with Crippen LogP contribution in [-0.4, -0.2) is 42.4 Å². The fourth-order valence-corrected chi connectivity index (χ4v) is 4.49. The minimum Gasteiger partial charge on any atom is -0.494 e. The van der Waals surface area contributed by atoms with Crippen LogP contribution in [0.4, 0.5) is 23.0 Å². The van der Waals surface area contributed by atoms with E-state index < -0.39 is 0 Å². The molecule has 186 valence electrons. The summed E-state index contributed by atoms with van der Waals surface area (Å²) in [4.78, 5) is 21.5. The first-order valence-corrected chi connectivity index (χ1v) is 12.1. The van der Waals surface area contributed by atoms with Gasteiger partial charge in [-0.25, -0.2) is 9.97 Å². The summed E-state index contributed by atoms with van der Waals surface area (Å²) in [7, 11) is 3.42. The van der Waals surface area contributed by atoms with E-state index in [9.17, 15) is 4.79 Å². The Bertz CT molecular complexity index is 1390. The van der Waals surface area contributed by atoms with Crippen LogP contribution in [0.2, 0.25) is 0 Å². The van der Waals surface area contributed by atoms with E-state index in [1.54, 1.807) is 24.3 Å². The predicted molar refractivity (Wildman–Crippen MR) is 138 cm³/mol. The van der Waals surface area contributed by atoms with Gasteiger partial charge in [-0.3, -0.25) is 14.2 Å². The minimum atomic E-state index is -0.0126. The number of anilines is 4. The van der Waals surface area contributed by atoms with Gasteiger partial charge < -0.3 is 15.4 Å². The Hall–Kier alpha value is -4.21. The van der Waals surface area contributed by atoms with Crippen LogP contribution in [0, 0.1) is 5.92 Å². The first-order valence-electron chi connectivity index (χ1n) is 12.1. The van der Waals surface area contributed by atoms with E-state index in [2.05, 4.69) is 37.7 Å². The van der Waals surface area contributed by atoms with Gasteiger partial charge in [-0.2, -0.15) is 10.2 Å². The second-order valence-electron chi connectivity index (χ2n) is 9.18. The molecule has 0 amide bonds. The van der Waals surface area contributed by atoms with Gasteiger partial charge in [0.25, 0.3) is 0 Å². The Balaban J connectivity index is 1.45. The summed E-state index contributed by atoms with van der Waals surface area (Å²) >= 11 is 0. The Morgan fingerprint density at radius 3 is 2.64 bits per heavy atom. The zero-order valence-electron chi connectivity index (χ0n) is 20.9. The average molecular weight is 487 g/mol. The lowest BCUT2D eigenvalue weighted by atomic mass is 9.82. The largest absolute Gasteiger partial charge is 0.494 e. The van der Waals surface area contributed by atoms with Crippen molar-refractivity contribution in [1.82, 2.24) is 29.5 Å². The first-order chi connectivity index (χ1) is 17.4. The second kappa shape index (κ2) is 9.80. The van der Waals surface area contributed by atoms with Crippen molar-refractivity contribution in [3.63, 3.8) is 0 Å². The van der Waals surface area contributed by atoms with Crippen molar-refractivity contribution in [2.24, 2.45) is 13.0 Å². The summed E-state index contributed by atoms with van der Waals surface area (Å²) in [6.45, 7) is 4.09. The third kappa shape index (κ3) is 4.66. The fraction of sp³-hybridized carbons (Fsp3) is 0.346. The van der Waals surface area contributed by atoms with Crippen LogP contribution < -0.4 is 15.4 Å². The molecule has 36 heavy (non-hydrogen) atoms. The highest BCUT2D eigenvalue weighted by Crippen LogP contribution is 2.38. The molecule has 4 aromatic rings. The molecule has 0 unspecified atom stereocenters. The van der Waals surface area contributed by atoms with E-state index in [4.69, 9.17) is 4.74 Å². The van der Waals surface area contributed by atoms with Crippen molar-refractivity contribution < 1.29 is 9.53 Å². The molecule has 0 bridgehead atoms. The molecule has 0 atom stereocenters. The van der Waals surface area contributed by atoms with E-state index in [0.717, 1.165) is 24.3 Å². The zero-order chi connectivity index (χ0) is 25.2. The molecule has 10 nitrogen and oxygen atoms in total. The topological polar surface area (TPSA) is 112 Å².